The van der Waals surface area contributed by atoms with Crippen molar-refractivity contribution in [2.45, 2.75) is 18.2 Å². The van der Waals surface area contributed by atoms with E-state index >= 15 is 0 Å². The van der Waals surface area contributed by atoms with Crippen LogP contribution in [-0.4, -0.2) is 9.81 Å². The summed E-state index contributed by atoms with van der Waals surface area (Å²) in [6.07, 6.45) is 3.08. The Hall–Kier alpha value is -0.470. The molecular formula is C11H11BrClN. The minimum Gasteiger partial charge on any atom is -0.361 e. The molecule has 0 spiro atoms. The first-order chi connectivity index (χ1) is 6.66. The van der Waals surface area contributed by atoms with Gasteiger partial charge in [-0.25, -0.2) is 0 Å². The third kappa shape index (κ3) is 1.96. The quantitative estimate of drug-likeness (QED) is 0.791. The fourth-order valence-corrected chi connectivity index (χ4v) is 2.15. The predicted molar refractivity (Wildman–Crippen MR) is 65.4 cm³/mol. The lowest BCUT2D eigenvalue weighted by Crippen LogP contribution is -1.94. The van der Waals surface area contributed by atoms with Gasteiger partial charge in [0.05, 0.1) is 0 Å². The lowest BCUT2D eigenvalue weighted by Gasteiger charge is -2.00. The summed E-state index contributed by atoms with van der Waals surface area (Å²) in [6, 6.07) is 5.96. The summed E-state index contributed by atoms with van der Waals surface area (Å²) in [5, 5.41) is 2.04. The van der Waals surface area contributed by atoms with Gasteiger partial charge in [0.1, 0.15) is 0 Å². The van der Waals surface area contributed by atoms with Crippen LogP contribution in [0.1, 0.15) is 12.5 Å². The maximum Gasteiger partial charge on any atom is 0.0471 e. The van der Waals surface area contributed by atoms with E-state index in [-0.39, 0.29) is 0 Å². The standard InChI is InChI=1S/C11H11BrClN/c1-7(12)4-8-6-14-11-5-9(13)2-3-10(8)11/h2-3,5-7,14H,4H2,1H3. The Labute approximate surface area is 96.6 Å². The van der Waals surface area contributed by atoms with Crippen LogP contribution >= 0.6 is 27.5 Å². The molecule has 2 aromatic rings. The Morgan fingerprint density at radius 3 is 3.00 bits per heavy atom. The molecule has 0 aliphatic rings. The van der Waals surface area contributed by atoms with E-state index < -0.39 is 0 Å². The highest BCUT2D eigenvalue weighted by atomic mass is 79.9. The SMILES string of the molecule is CC(Br)Cc1c[nH]c2cc(Cl)ccc12. The fourth-order valence-electron chi connectivity index (χ4n) is 1.63. The number of benzene rings is 1. The van der Waals surface area contributed by atoms with Crippen LogP contribution in [0.5, 0.6) is 0 Å². The van der Waals surface area contributed by atoms with E-state index in [0.717, 1.165) is 17.0 Å². The highest BCUT2D eigenvalue weighted by molar-refractivity contribution is 9.09. The van der Waals surface area contributed by atoms with Gasteiger partial charge in [0.25, 0.3) is 0 Å². The summed E-state index contributed by atoms with van der Waals surface area (Å²) in [5.41, 5.74) is 2.45. The zero-order valence-corrected chi connectivity index (χ0v) is 10.2. The number of aromatic amines is 1. The molecule has 14 heavy (non-hydrogen) atoms. The number of aromatic nitrogens is 1. The molecule has 1 aromatic carbocycles. The van der Waals surface area contributed by atoms with Crippen molar-refractivity contribution in [3.8, 4) is 0 Å². The van der Waals surface area contributed by atoms with E-state index in [4.69, 9.17) is 11.6 Å². The first-order valence-corrected chi connectivity index (χ1v) is 5.86. The van der Waals surface area contributed by atoms with Crippen molar-refractivity contribution >= 4 is 38.4 Å². The Balaban J connectivity index is 2.47. The third-order valence-corrected chi connectivity index (χ3v) is 2.79. The van der Waals surface area contributed by atoms with Gasteiger partial charge in [0, 0.05) is 26.9 Å². The number of hydrogen-bond acceptors (Lipinski definition) is 0. The van der Waals surface area contributed by atoms with Gasteiger partial charge < -0.3 is 4.98 Å². The average Bonchev–Trinajstić information content (AvgIpc) is 2.47. The third-order valence-electron chi connectivity index (χ3n) is 2.23. The molecule has 0 radical (unpaired) electrons. The van der Waals surface area contributed by atoms with Crippen LogP contribution < -0.4 is 0 Å². The maximum atomic E-state index is 5.90. The molecule has 1 aromatic heterocycles. The Morgan fingerprint density at radius 2 is 2.29 bits per heavy atom. The van der Waals surface area contributed by atoms with Gasteiger partial charge in [-0.05, 0) is 24.1 Å². The van der Waals surface area contributed by atoms with E-state index in [1.165, 1.54) is 10.9 Å². The van der Waals surface area contributed by atoms with Gasteiger partial charge in [-0.2, -0.15) is 0 Å². The van der Waals surface area contributed by atoms with Crippen LogP contribution in [0.25, 0.3) is 10.9 Å². The van der Waals surface area contributed by atoms with Crippen LogP contribution in [0.2, 0.25) is 5.02 Å². The lowest BCUT2D eigenvalue weighted by atomic mass is 10.1. The number of nitrogens with one attached hydrogen (secondary N) is 1. The predicted octanol–water partition coefficient (Wildman–Crippen LogP) is 4.15. The minimum absolute atomic E-state index is 0.497. The second kappa shape index (κ2) is 3.95. The van der Waals surface area contributed by atoms with E-state index in [0.29, 0.717) is 4.83 Å². The van der Waals surface area contributed by atoms with Gasteiger partial charge in [0.2, 0.25) is 0 Å². The first kappa shape index (κ1) is 10.1. The van der Waals surface area contributed by atoms with Crippen molar-refractivity contribution < 1.29 is 0 Å². The molecule has 1 nitrogen and oxygen atoms in total. The summed E-state index contributed by atoms with van der Waals surface area (Å²) in [7, 11) is 0. The Bertz CT molecular complexity index is 447. The molecule has 1 N–H and O–H groups in total. The van der Waals surface area contributed by atoms with Gasteiger partial charge in [-0.15, -0.1) is 0 Å². The normalized spacial score (nSPS) is 13.4. The minimum atomic E-state index is 0.497. The number of hydrogen-bond donors (Lipinski definition) is 1. The molecule has 0 bridgehead atoms. The zero-order chi connectivity index (χ0) is 10.1. The van der Waals surface area contributed by atoms with Crippen molar-refractivity contribution in [2.75, 3.05) is 0 Å². The monoisotopic (exact) mass is 271 g/mol. The van der Waals surface area contributed by atoms with Crippen molar-refractivity contribution in [2.24, 2.45) is 0 Å². The van der Waals surface area contributed by atoms with E-state index in [2.05, 4.69) is 40.1 Å². The number of fused-ring (bicyclic) bond motifs is 1. The second-order valence-electron chi connectivity index (χ2n) is 3.49. The van der Waals surface area contributed by atoms with Crippen LogP contribution in [0.15, 0.2) is 24.4 Å². The average molecular weight is 273 g/mol. The number of H-pyrrole nitrogens is 1. The van der Waals surface area contributed by atoms with Crippen molar-refractivity contribution in [3.63, 3.8) is 0 Å². The van der Waals surface area contributed by atoms with Gasteiger partial charge >= 0.3 is 0 Å². The van der Waals surface area contributed by atoms with Crippen molar-refractivity contribution in [3.05, 3.63) is 35.0 Å². The molecular weight excluding hydrogens is 261 g/mol. The smallest absolute Gasteiger partial charge is 0.0471 e. The van der Waals surface area contributed by atoms with Gasteiger partial charge in [-0.1, -0.05) is 40.5 Å². The fraction of sp³-hybridized carbons (Fsp3) is 0.273. The van der Waals surface area contributed by atoms with Gasteiger partial charge in [-0.3, -0.25) is 0 Å². The summed E-state index contributed by atoms with van der Waals surface area (Å²) in [5.74, 6) is 0. The molecule has 2 rings (SSSR count). The van der Waals surface area contributed by atoms with Crippen LogP contribution in [0.3, 0.4) is 0 Å². The summed E-state index contributed by atoms with van der Waals surface area (Å²) < 4.78 is 0. The lowest BCUT2D eigenvalue weighted by molar-refractivity contribution is 0.967. The summed E-state index contributed by atoms with van der Waals surface area (Å²) >= 11 is 9.46. The largest absolute Gasteiger partial charge is 0.361 e. The van der Waals surface area contributed by atoms with E-state index in [9.17, 15) is 0 Å². The molecule has 1 unspecified atom stereocenters. The van der Waals surface area contributed by atoms with Crippen LogP contribution in [0.4, 0.5) is 0 Å². The highest BCUT2D eigenvalue weighted by Gasteiger charge is 2.06. The maximum absolute atomic E-state index is 5.90. The molecule has 3 heteroatoms. The summed E-state index contributed by atoms with van der Waals surface area (Å²) in [6.45, 7) is 2.15. The zero-order valence-electron chi connectivity index (χ0n) is 7.85. The molecule has 74 valence electrons. The van der Waals surface area contributed by atoms with Crippen LogP contribution in [-0.2, 0) is 6.42 Å². The molecule has 0 saturated carbocycles. The second-order valence-corrected chi connectivity index (χ2v) is 5.49. The molecule has 1 atom stereocenters. The first-order valence-electron chi connectivity index (χ1n) is 4.56. The van der Waals surface area contributed by atoms with Crippen molar-refractivity contribution in [1.82, 2.24) is 4.98 Å². The summed E-state index contributed by atoms with van der Waals surface area (Å²) in [4.78, 5) is 3.73. The van der Waals surface area contributed by atoms with Crippen molar-refractivity contribution in [1.29, 1.82) is 0 Å². The van der Waals surface area contributed by atoms with Gasteiger partial charge in [0.15, 0.2) is 0 Å². The Kier molecular flexibility index (Phi) is 2.84. The molecule has 0 saturated heterocycles. The molecule has 0 aliphatic heterocycles. The topological polar surface area (TPSA) is 15.8 Å². The number of alkyl halides is 1. The molecule has 0 fully saturated rings. The van der Waals surface area contributed by atoms with E-state index in [1.807, 2.05) is 12.1 Å². The number of rotatable bonds is 2. The number of halogens is 2. The van der Waals surface area contributed by atoms with E-state index in [1.54, 1.807) is 0 Å². The molecule has 0 aliphatic carbocycles. The van der Waals surface area contributed by atoms with Crippen LogP contribution in [0, 0.1) is 0 Å². The Morgan fingerprint density at radius 1 is 1.50 bits per heavy atom. The molecule has 1 heterocycles. The highest BCUT2D eigenvalue weighted by Crippen LogP contribution is 2.23. The molecule has 0 amide bonds.